The molecule has 0 aliphatic heterocycles. The number of benzene rings is 1. The molecule has 90 valence electrons. The van der Waals surface area contributed by atoms with Crippen LogP contribution in [0.3, 0.4) is 0 Å². The van der Waals surface area contributed by atoms with Gasteiger partial charge in [0, 0.05) is 0 Å². The predicted octanol–water partition coefficient (Wildman–Crippen LogP) is 4.35. The first-order valence-corrected chi connectivity index (χ1v) is 6.12. The summed E-state index contributed by atoms with van der Waals surface area (Å²) in [4.78, 5) is 0. The van der Waals surface area contributed by atoms with Crippen LogP contribution in [0, 0.1) is 11.8 Å². The van der Waals surface area contributed by atoms with Gasteiger partial charge in [0.15, 0.2) is 0 Å². The van der Waals surface area contributed by atoms with Gasteiger partial charge in [-0.25, -0.2) is 0 Å². The van der Waals surface area contributed by atoms with E-state index >= 15 is 0 Å². The summed E-state index contributed by atoms with van der Waals surface area (Å²) in [6, 6.07) is 7.61. The molecule has 0 aliphatic rings. The zero-order chi connectivity index (χ0) is 12.3. The number of hydrogen-bond donors (Lipinski definition) is 1. The van der Waals surface area contributed by atoms with Crippen molar-refractivity contribution in [3.05, 3.63) is 29.8 Å². The molecule has 0 aliphatic carbocycles. The summed E-state index contributed by atoms with van der Waals surface area (Å²) >= 11 is 0. The van der Waals surface area contributed by atoms with Gasteiger partial charge in [0.2, 0.25) is 0 Å². The zero-order valence-corrected chi connectivity index (χ0v) is 11.1. The zero-order valence-electron chi connectivity index (χ0n) is 11.1. The van der Waals surface area contributed by atoms with Gasteiger partial charge >= 0.3 is 0 Å². The third kappa shape index (κ3) is 3.26. The van der Waals surface area contributed by atoms with Crippen molar-refractivity contribution < 1.29 is 5.11 Å². The second kappa shape index (κ2) is 4.90. The van der Waals surface area contributed by atoms with E-state index in [4.69, 9.17) is 0 Å². The Hall–Kier alpha value is -0.980. The highest BCUT2D eigenvalue weighted by Crippen LogP contribution is 2.33. The molecule has 0 aromatic heterocycles. The van der Waals surface area contributed by atoms with Crippen LogP contribution in [-0.2, 0) is 5.41 Å². The van der Waals surface area contributed by atoms with Crippen LogP contribution >= 0.6 is 0 Å². The summed E-state index contributed by atoms with van der Waals surface area (Å²) in [5.74, 6) is 1.77. The first-order chi connectivity index (χ1) is 7.33. The van der Waals surface area contributed by atoms with E-state index in [1.54, 1.807) is 12.1 Å². The highest BCUT2D eigenvalue weighted by molar-refractivity contribution is 5.30. The SMILES string of the molecule is CC(C)[C@H](C)CC(C)(C)c1ccc(O)cc1. The lowest BCUT2D eigenvalue weighted by atomic mass is 9.75. The van der Waals surface area contributed by atoms with Crippen molar-refractivity contribution in [2.24, 2.45) is 11.8 Å². The van der Waals surface area contributed by atoms with E-state index in [-0.39, 0.29) is 5.41 Å². The lowest BCUT2D eigenvalue weighted by Gasteiger charge is -2.30. The largest absolute Gasteiger partial charge is 0.508 e. The van der Waals surface area contributed by atoms with E-state index in [1.165, 1.54) is 12.0 Å². The predicted molar refractivity (Wildman–Crippen MR) is 69.8 cm³/mol. The normalized spacial score (nSPS) is 14.1. The molecule has 0 radical (unpaired) electrons. The molecule has 0 fully saturated rings. The van der Waals surface area contributed by atoms with Crippen LogP contribution in [0.5, 0.6) is 5.75 Å². The minimum atomic E-state index is 0.178. The van der Waals surface area contributed by atoms with Crippen LogP contribution < -0.4 is 0 Å². The minimum absolute atomic E-state index is 0.178. The average molecular weight is 220 g/mol. The topological polar surface area (TPSA) is 20.2 Å². The van der Waals surface area contributed by atoms with Crippen molar-refractivity contribution in [2.75, 3.05) is 0 Å². The molecule has 1 rings (SSSR count). The van der Waals surface area contributed by atoms with E-state index in [2.05, 4.69) is 34.6 Å². The van der Waals surface area contributed by atoms with Crippen LogP contribution in [0.15, 0.2) is 24.3 Å². The molecular formula is C15H24O. The third-order valence-corrected chi connectivity index (χ3v) is 3.62. The summed E-state index contributed by atoms with van der Waals surface area (Å²) in [6.07, 6.45) is 1.18. The third-order valence-electron chi connectivity index (χ3n) is 3.62. The average Bonchev–Trinajstić information content (AvgIpc) is 2.17. The number of rotatable bonds is 4. The Morgan fingerprint density at radius 2 is 1.56 bits per heavy atom. The smallest absolute Gasteiger partial charge is 0.115 e. The van der Waals surface area contributed by atoms with Crippen LogP contribution in [0.1, 0.15) is 46.6 Å². The van der Waals surface area contributed by atoms with Crippen molar-refractivity contribution >= 4 is 0 Å². The van der Waals surface area contributed by atoms with E-state index in [0.717, 1.165) is 5.92 Å². The van der Waals surface area contributed by atoms with Crippen LogP contribution in [0.2, 0.25) is 0 Å². The van der Waals surface area contributed by atoms with Crippen LogP contribution in [0.25, 0.3) is 0 Å². The second-order valence-corrected chi connectivity index (χ2v) is 5.86. The molecule has 1 nitrogen and oxygen atoms in total. The van der Waals surface area contributed by atoms with Gasteiger partial charge in [-0.15, -0.1) is 0 Å². The Morgan fingerprint density at radius 1 is 1.06 bits per heavy atom. The van der Waals surface area contributed by atoms with E-state index in [1.807, 2.05) is 12.1 Å². The van der Waals surface area contributed by atoms with Gasteiger partial charge in [0.05, 0.1) is 0 Å². The molecule has 0 unspecified atom stereocenters. The van der Waals surface area contributed by atoms with Crippen molar-refractivity contribution in [3.8, 4) is 5.75 Å². The van der Waals surface area contributed by atoms with Gasteiger partial charge in [-0.2, -0.15) is 0 Å². The highest BCUT2D eigenvalue weighted by Gasteiger charge is 2.24. The number of aromatic hydroxyl groups is 1. The van der Waals surface area contributed by atoms with Crippen molar-refractivity contribution in [3.63, 3.8) is 0 Å². The lowest BCUT2D eigenvalue weighted by Crippen LogP contribution is -2.22. The molecule has 0 saturated heterocycles. The molecule has 1 N–H and O–H groups in total. The van der Waals surface area contributed by atoms with E-state index in [9.17, 15) is 5.11 Å². The molecule has 16 heavy (non-hydrogen) atoms. The first kappa shape index (κ1) is 13.1. The summed E-state index contributed by atoms with van der Waals surface area (Å²) in [6.45, 7) is 11.4. The Kier molecular flexibility index (Phi) is 4.01. The number of hydrogen-bond acceptors (Lipinski definition) is 1. The first-order valence-electron chi connectivity index (χ1n) is 6.12. The maximum Gasteiger partial charge on any atom is 0.115 e. The van der Waals surface area contributed by atoms with Crippen molar-refractivity contribution in [2.45, 2.75) is 46.5 Å². The standard InChI is InChI=1S/C15H24O/c1-11(2)12(3)10-15(4,5)13-6-8-14(16)9-7-13/h6-9,11-12,16H,10H2,1-5H3/t12-/m1/s1. The summed E-state index contributed by atoms with van der Waals surface area (Å²) in [5, 5.41) is 9.29. The van der Waals surface area contributed by atoms with Gasteiger partial charge < -0.3 is 5.11 Å². The fourth-order valence-corrected chi connectivity index (χ4v) is 2.07. The maximum absolute atomic E-state index is 9.29. The van der Waals surface area contributed by atoms with Gasteiger partial charge in [0.1, 0.15) is 5.75 Å². The van der Waals surface area contributed by atoms with Gasteiger partial charge in [0.25, 0.3) is 0 Å². The molecule has 1 aromatic rings. The molecule has 1 atom stereocenters. The molecule has 0 spiro atoms. The molecule has 0 heterocycles. The quantitative estimate of drug-likeness (QED) is 0.799. The van der Waals surface area contributed by atoms with E-state index < -0.39 is 0 Å². The Morgan fingerprint density at radius 3 is 2.00 bits per heavy atom. The molecule has 1 heteroatoms. The number of phenols is 1. The van der Waals surface area contributed by atoms with Crippen LogP contribution in [0.4, 0.5) is 0 Å². The minimum Gasteiger partial charge on any atom is -0.508 e. The van der Waals surface area contributed by atoms with Gasteiger partial charge in [-0.05, 0) is 41.4 Å². The Labute approximate surface area is 99.5 Å². The Bertz CT molecular complexity index is 322. The van der Waals surface area contributed by atoms with Crippen molar-refractivity contribution in [1.29, 1.82) is 0 Å². The fraction of sp³-hybridized carbons (Fsp3) is 0.600. The second-order valence-electron chi connectivity index (χ2n) is 5.86. The fourth-order valence-electron chi connectivity index (χ4n) is 2.07. The van der Waals surface area contributed by atoms with Gasteiger partial charge in [-0.1, -0.05) is 46.8 Å². The molecular weight excluding hydrogens is 196 g/mol. The molecule has 0 saturated carbocycles. The summed E-state index contributed by atoms with van der Waals surface area (Å²) in [5.41, 5.74) is 1.48. The highest BCUT2D eigenvalue weighted by atomic mass is 16.3. The molecule has 0 amide bonds. The van der Waals surface area contributed by atoms with Gasteiger partial charge in [-0.3, -0.25) is 0 Å². The Balaban J connectivity index is 2.80. The van der Waals surface area contributed by atoms with Crippen molar-refractivity contribution in [1.82, 2.24) is 0 Å². The summed E-state index contributed by atoms with van der Waals surface area (Å²) < 4.78 is 0. The lowest BCUT2D eigenvalue weighted by molar-refractivity contribution is 0.309. The van der Waals surface area contributed by atoms with Crippen LogP contribution in [-0.4, -0.2) is 5.11 Å². The monoisotopic (exact) mass is 220 g/mol. The number of phenolic OH excluding ortho intramolecular Hbond substituents is 1. The molecule has 0 bridgehead atoms. The van der Waals surface area contributed by atoms with E-state index in [0.29, 0.717) is 11.7 Å². The summed E-state index contributed by atoms with van der Waals surface area (Å²) in [7, 11) is 0. The molecule has 1 aromatic carbocycles. The maximum atomic E-state index is 9.29.